The number of carbonyl (C=O) groups is 1. The molecule has 0 spiro atoms. The first-order valence-electron chi connectivity index (χ1n) is 6.99. The summed E-state index contributed by atoms with van der Waals surface area (Å²) < 4.78 is 0. The van der Waals surface area contributed by atoms with E-state index in [1.807, 2.05) is 37.3 Å². The lowest BCUT2D eigenvalue weighted by atomic mass is 9.92. The van der Waals surface area contributed by atoms with E-state index in [-0.39, 0.29) is 5.78 Å². The van der Waals surface area contributed by atoms with Crippen molar-refractivity contribution in [1.82, 2.24) is 0 Å². The normalized spacial score (nSPS) is 18.2. The highest BCUT2D eigenvalue weighted by Gasteiger charge is 2.05. The van der Waals surface area contributed by atoms with Gasteiger partial charge in [-0.1, -0.05) is 48.1 Å². The van der Waals surface area contributed by atoms with Gasteiger partial charge in [0, 0.05) is 0 Å². The molecule has 1 heteroatoms. The van der Waals surface area contributed by atoms with Gasteiger partial charge in [0.2, 0.25) is 0 Å². The number of rotatable bonds is 5. The van der Waals surface area contributed by atoms with E-state index >= 15 is 0 Å². The van der Waals surface area contributed by atoms with Crippen LogP contribution in [0, 0.1) is 0 Å². The van der Waals surface area contributed by atoms with Crippen LogP contribution in [0.5, 0.6) is 0 Å². The lowest BCUT2D eigenvalue weighted by Gasteiger charge is -2.13. The average Bonchev–Trinajstić information content (AvgIpc) is 2.39. The molecule has 1 aliphatic rings. The van der Waals surface area contributed by atoms with Crippen molar-refractivity contribution < 1.29 is 4.79 Å². The molecular weight excluding hydrogens is 232 g/mol. The zero-order valence-electron chi connectivity index (χ0n) is 12.3. The van der Waals surface area contributed by atoms with Crippen molar-refractivity contribution >= 4 is 5.78 Å². The molecule has 0 saturated carbocycles. The Morgan fingerprint density at radius 2 is 1.58 bits per heavy atom. The fourth-order valence-electron chi connectivity index (χ4n) is 1.99. The summed E-state index contributed by atoms with van der Waals surface area (Å²) in [6.07, 6.45) is 19.1. The second-order valence-corrected chi connectivity index (χ2v) is 5.05. The third-order valence-electron chi connectivity index (χ3n) is 3.44. The van der Waals surface area contributed by atoms with E-state index in [0.29, 0.717) is 0 Å². The molecule has 0 unspecified atom stereocenters. The molecule has 0 aromatic carbocycles. The van der Waals surface area contributed by atoms with Gasteiger partial charge in [0.1, 0.15) is 0 Å². The molecule has 0 aromatic heterocycles. The minimum absolute atomic E-state index is 0.119. The smallest absolute Gasteiger partial charge is 0.155 e. The molecule has 0 radical (unpaired) electrons. The summed E-state index contributed by atoms with van der Waals surface area (Å²) in [6.45, 7) is 5.64. The Kier molecular flexibility index (Phi) is 6.88. The molecule has 19 heavy (non-hydrogen) atoms. The van der Waals surface area contributed by atoms with Gasteiger partial charge in [0.15, 0.2) is 5.78 Å². The van der Waals surface area contributed by atoms with Crippen LogP contribution in [0.15, 0.2) is 59.3 Å². The summed E-state index contributed by atoms with van der Waals surface area (Å²) in [5.74, 6) is 0.119. The zero-order chi connectivity index (χ0) is 14.1. The van der Waals surface area contributed by atoms with Gasteiger partial charge in [-0.2, -0.15) is 0 Å². The minimum Gasteiger partial charge on any atom is -0.295 e. The standard InChI is InChI=1S/C18H24O/c1-15(17(3)19)11-7-5-4-6-8-13-18-14-10-9-12-16(18)2/h4-8,11,13H,9-10,12,14H2,1-3H3. The van der Waals surface area contributed by atoms with Crippen molar-refractivity contribution in [3.8, 4) is 0 Å². The molecule has 0 amide bonds. The van der Waals surface area contributed by atoms with E-state index in [0.717, 1.165) is 5.57 Å². The van der Waals surface area contributed by atoms with E-state index < -0.39 is 0 Å². The van der Waals surface area contributed by atoms with E-state index in [9.17, 15) is 4.79 Å². The number of hydrogen-bond donors (Lipinski definition) is 0. The van der Waals surface area contributed by atoms with Gasteiger partial charge in [0.05, 0.1) is 0 Å². The van der Waals surface area contributed by atoms with E-state index in [1.165, 1.54) is 36.8 Å². The Hall–Kier alpha value is -1.63. The van der Waals surface area contributed by atoms with Crippen LogP contribution in [0.25, 0.3) is 0 Å². The zero-order valence-corrected chi connectivity index (χ0v) is 12.3. The van der Waals surface area contributed by atoms with Crippen molar-refractivity contribution in [3.63, 3.8) is 0 Å². The van der Waals surface area contributed by atoms with Gasteiger partial charge in [0.25, 0.3) is 0 Å². The van der Waals surface area contributed by atoms with Crippen LogP contribution in [0.2, 0.25) is 0 Å². The second kappa shape index (κ2) is 8.47. The van der Waals surface area contributed by atoms with Crippen LogP contribution in [0.1, 0.15) is 46.5 Å². The van der Waals surface area contributed by atoms with E-state index in [4.69, 9.17) is 0 Å². The van der Waals surface area contributed by atoms with Crippen LogP contribution >= 0.6 is 0 Å². The largest absolute Gasteiger partial charge is 0.295 e. The second-order valence-electron chi connectivity index (χ2n) is 5.05. The molecule has 1 rings (SSSR count). The number of ketones is 1. The van der Waals surface area contributed by atoms with E-state index in [1.54, 1.807) is 6.92 Å². The SMILES string of the molecule is CC(=O)C(C)=CC=CC=CC=CC1=C(C)CCCC1. The number of Topliss-reactive ketones (excluding diaryl/α,β-unsaturated/α-hetero) is 1. The van der Waals surface area contributed by atoms with Gasteiger partial charge < -0.3 is 0 Å². The molecule has 0 bridgehead atoms. The van der Waals surface area contributed by atoms with Gasteiger partial charge in [-0.3, -0.25) is 4.79 Å². The Bertz CT molecular complexity index is 456. The molecule has 0 fully saturated rings. The lowest BCUT2D eigenvalue weighted by Crippen LogP contribution is -1.94. The molecule has 0 N–H and O–H groups in total. The van der Waals surface area contributed by atoms with Crippen LogP contribution < -0.4 is 0 Å². The number of hydrogen-bond acceptors (Lipinski definition) is 1. The van der Waals surface area contributed by atoms with Gasteiger partial charge in [-0.05, 0) is 57.6 Å². The number of carbonyl (C=O) groups excluding carboxylic acids is 1. The maximum atomic E-state index is 11.0. The first kappa shape index (κ1) is 15.4. The fourth-order valence-corrected chi connectivity index (χ4v) is 1.99. The summed E-state index contributed by atoms with van der Waals surface area (Å²) >= 11 is 0. The molecule has 1 nitrogen and oxygen atoms in total. The molecule has 0 atom stereocenters. The third kappa shape index (κ3) is 6.19. The van der Waals surface area contributed by atoms with Gasteiger partial charge in [-0.25, -0.2) is 0 Å². The van der Waals surface area contributed by atoms with Crippen LogP contribution in [0.3, 0.4) is 0 Å². The molecule has 0 heterocycles. The first-order chi connectivity index (χ1) is 9.11. The lowest BCUT2D eigenvalue weighted by molar-refractivity contribution is -0.113. The monoisotopic (exact) mass is 256 g/mol. The van der Waals surface area contributed by atoms with Crippen molar-refractivity contribution in [3.05, 3.63) is 59.3 Å². The Balaban J connectivity index is 2.44. The highest BCUT2D eigenvalue weighted by molar-refractivity contribution is 5.92. The van der Waals surface area contributed by atoms with Crippen LogP contribution in [-0.4, -0.2) is 5.78 Å². The molecular formula is C18H24O. The predicted molar refractivity (Wildman–Crippen MR) is 83.0 cm³/mol. The summed E-state index contributed by atoms with van der Waals surface area (Å²) in [5, 5.41) is 0. The van der Waals surface area contributed by atoms with Crippen LogP contribution in [0.4, 0.5) is 0 Å². The van der Waals surface area contributed by atoms with Crippen molar-refractivity contribution in [2.24, 2.45) is 0 Å². The molecule has 0 aliphatic heterocycles. The maximum absolute atomic E-state index is 11.0. The van der Waals surface area contributed by atoms with E-state index in [2.05, 4.69) is 19.1 Å². The first-order valence-corrected chi connectivity index (χ1v) is 6.99. The average molecular weight is 256 g/mol. The molecule has 0 saturated heterocycles. The van der Waals surface area contributed by atoms with Crippen LogP contribution in [-0.2, 0) is 4.79 Å². The summed E-state index contributed by atoms with van der Waals surface area (Å²) in [7, 11) is 0. The summed E-state index contributed by atoms with van der Waals surface area (Å²) in [4.78, 5) is 11.0. The molecule has 1 aliphatic carbocycles. The fraction of sp³-hybridized carbons (Fsp3) is 0.389. The third-order valence-corrected chi connectivity index (χ3v) is 3.44. The van der Waals surface area contributed by atoms with Crippen molar-refractivity contribution in [2.75, 3.05) is 0 Å². The summed E-state index contributed by atoms with van der Waals surface area (Å²) in [5.41, 5.74) is 3.81. The quantitative estimate of drug-likeness (QED) is 0.495. The highest BCUT2D eigenvalue weighted by atomic mass is 16.1. The van der Waals surface area contributed by atoms with Crippen molar-refractivity contribution in [2.45, 2.75) is 46.5 Å². The minimum atomic E-state index is 0.119. The molecule has 102 valence electrons. The van der Waals surface area contributed by atoms with Crippen molar-refractivity contribution in [1.29, 1.82) is 0 Å². The topological polar surface area (TPSA) is 17.1 Å². The van der Waals surface area contributed by atoms with Gasteiger partial charge in [-0.15, -0.1) is 0 Å². The predicted octanol–water partition coefficient (Wildman–Crippen LogP) is 5.08. The number of allylic oxidation sites excluding steroid dienone is 10. The Morgan fingerprint density at radius 3 is 2.26 bits per heavy atom. The van der Waals surface area contributed by atoms with Gasteiger partial charge >= 0.3 is 0 Å². The Labute approximate surface area is 117 Å². The maximum Gasteiger partial charge on any atom is 0.155 e. The summed E-state index contributed by atoms with van der Waals surface area (Å²) in [6, 6.07) is 0. The highest BCUT2D eigenvalue weighted by Crippen LogP contribution is 2.24. The molecule has 0 aromatic rings. The Morgan fingerprint density at radius 1 is 0.947 bits per heavy atom.